The van der Waals surface area contributed by atoms with Gasteiger partial charge in [-0.15, -0.1) is 0 Å². The molecule has 0 aromatic heterocycles. The minimum atomic E-state index is 0.0604. The average Bonchev–Trinajstić information content (AvgIpc) is 2.99. The van der Waals surface area contributed by atoms with Crippen LogP contribution < -0.4 is 32.7 Å². The van der Waals surface area contributed by atoms with Crippen molar-refractivity contribution in [3.63, 3.8) is 0 Å². The van der Waals surface area contributed by atoms with Gasteiger partial charge in [-0.25, -0.2) is 4.85 Å². The van der Waals surface area contributed by atoms with Crippen molar-refractivity contribution in [1.82, 2.24) is 0 Å². The Morgan fingerprint density at radius 1 is 0.625 bits per heavy atom. The fraction of sp³-hybridized carbons (Fsp3) is 0.0667. The number of benzene rings is 4. The number of nitrogens with two attached hydrogens (primary N) is 2. The molecule has 0 aliphatic heterocycles. The molecule has 0 heterocycles. The van der Waals surface area contributed by atoms with Gasteiger partial charge in [0.15, 0.2) is 5.69 Å². The van der Waals surface area contributed by atoms with Crippen LogP contribution >= 0.6 is 0 Å². The van der Waals surface area contributed by atoms with Crippen LogP contribution in [0.1, 0.15) is 16.7 Å². The van der Waals surface area contributed by atoms with Crippen LogP contribution in [0.4, 0.5) is 28.4 Å². The fourth-order valence-corrected chi connectivity index (χ4v) is 3.35. The van der Waals surface area contributed by atoms with Crippen molar-refractivity contribution in [3.8, 4) is 6.07 Å². The minimum absolute atomic E-state index is 0.0604. The molecule has 4 aromatic carbocycles. The molecule has 40 heavy (non-hydrogen) atoms. The number of rotatable bonds is 10. The van der Waals surface area contributed by atoms with Crippen molar-refractivity contribution >= 4 is 40.1 Å². The number of amidine groups is 2. The average molecular weight is 531 g/mol. The lowest BCUT2D eigenvalue weighted by molar-refractivity contribution is 1.21. The maximum absolute atomic E-state index is 8.69. The third kappa shape index (κ3) is 9.14. The van der Waals surface area contributed by atoms with Gasteiger partial charge in [0.05, 0.1) is 31.5 Å². The summed E-state index contributed by atoms with van der Waals surface area (Å²) >= 11 is 0. The van der Waals surface area contributed by atoms with E-state index in [4.69, 9.17) is 34.1 Å². The predicted molar refractivity (Wildman–Crippen MR) is 163 cm³/mol. The van der Waals surface area contributed by atoms with E-state index >= 15 is 0 Å². The van der Waals surface area contributed by atoms with Gasteiger partial charge in [-0.3, -0.25) is 10.8 Å². The Morgan fingerprint density at radius 3 is 1.25 bits per heavy atom. The van der Waals surface area contributed by atoms with Crippen molar-refractivity contribution in [3.05, 3.63) is 125 Å². The second-order valence-electron chi connectivity index (χ2n) is 8.39. The summed E-state index contributed by atoms with van der Waals surface area (Å²) in [7, 11) is 0. The highest BCUT2D eigenvalue weighted by Crippen LogP contribution is 2.16. The summed E-state index contributed by atoms with van der Waals surface area (Å²) in [5.41, 5.74) is 17.3. The van der Waals surface area contributed by atoms with Gasteiger partial charge in [-0.1, -0.05) is 12.1 Å². The normalized spacial score (nSPS) is 9.55. The molecular formula is C30H30N10. The highest BCUT2D eigenvalue weighted by Gasteiger charge is 1.99. The first-order valence-corrected chi connectivity index (χ1v) is 12.2. The third-order valence-electron chi connectivity index (χ3n) is 5.57. The Kier molecular flexibility index (Phi) is 10.5. The zero-order valence-corrected chi connectivity index (χ0v) is 21.7. The summed E-state index contributed by atoms with van der Waals surface area (Å²) in [5, 5.41) is 36.1. The Labute approximate surface area is 233 Å². The van der Waals surface area contributed by atoms with Crippen molar-refractivity contribution in [2.24, 2.45) is 11.5 Å². The highest BCUT2D eigenvalue weighted by atomic mass is 15.1. The Bertz CT molecular complexity index is 1360. The molecule has 0 aliphatic rings. The Hall–Kier alpha value is -6.00. The van der Waals surface area contributed by atoms with Crippen molar-refractivity contribution in [1.29, 1.82) is 16.1 Å². The zero-order chi connectivity index (χ0) is 28.7. The molecule has 0 bridgehead atoms. The van der Waals surface area contributed by atoms with Gasteiger partial charge in [0.1, 0.15) is 11.7 Å². The van der Waals surface area contributed by atoms with Crippen LogP contribution in [-0.2, 0) is 0 Å². The molecule has 0 amide bonds. The highest BCUT2D eigenvalue weighted by molar-refractivity contribution is 5.95. The summed E-state index contributed by atoms with van der Waals surface area (Å²) in [4.78, 5) is 3.34. The molecular weight excluding hydrogens is 500 g/mol. The monoisotopic (exact) mass is 530 g/mol. The number of nitrogens with one attached hydrogen (secondary N) is 6. The molecule has 200 valence electrons. The first-order valence-electron chi connectivity index (χ1n) is 12.2. The molecule has 0 atom stereocenters. The SMILES string of the molecule is N=C(N)c1ccc(NCNc2ccc(C(=N)N)cc2)cc1.[C-]#[N+]c1ccc(NCNc2ccc(C#N)cc2)cc1. The van der Waals surface area contributed by atoms with Crippen LogP contribution in [0, 0.1) is 28.7 Å². The van der Waals surface area contributed by atoms with Gasteiger partial charge in [-0.2, -0.15) is 5.26 Å². The summed E-state index contributed by atoms with van der Waals surface area (Å²) in [6.07, 6.45) is 0. The second-order valence-corrected chi connectivity index (χ2v) is 8.39. The zero-order valence-electron chi connectivity index (χ0n) is 21.7. The van der Waals surface area contributed by atoms with E-state index in [1.165, 1.54) is 0 Å². The van der Waals surface area contributed by atoms with Gasteiger partial charge in [0.2, 0.25) is 0 Å². The molecule has 4 aromatic rings. The quantitative estimate of drug-likeness (QED) is 0.0591. The first-order chi connectivity index (χ1) is 19.4. The summed E-state index contributed by atoms with van der Waals surface area (Å²) in [5.74, 6) is 0.121. The van der Waals surface area contributed by atoms with E-state index in [0.717, 1.165) is 22.7 Å². The number of nitrogen functional groups attached to an aromatic ring is 2. The number of nitrogens with zero attached hydrogens (tertiary/aromatic N) is 2. The van der Waals surface area contributed by atoms with Crippen LogP contribution in [0.25, 0.3) is 4.85 Å². The molecule has 0 aliphatic carbocycles. The summed E-state index contributed by atoms with van der Waals surface area (Å²) in [6, 6.07) is 31.3. The van der Waals surface area contributed by atoms with Gasteiger partial charge < -0.3 is 32.7 Å². The molecule has 10 heteroatoms. The summed E-state index contributed by atoms with van der Waals surface area (Å²) < 4.78 is 0. The molecule has 0 radical (unpaired) electrons. The standard InChI is InChI=1S/C15H18N6.C15H12N4/c16-14(17)10-1-5-12(6-2-10)20-9-21-13-7-3-11(4-8-13)15(18)19;1-17-13-6-8-15(9-7-13)19-11-18-14-4-2-12(10-16)3-5-14/h1-8,20-21H,9H2,(H3,16,17)(H3,18,19);2-9,18-19H,11H2. The molecule has 0 saturated carbocycles. The largest absolute Gasteiger partial charge is 0.384 e. The van der Waals surface area contributed by atoms with E-state index in [2.05, 4.69) is 32.2 Å². The topological polar surface area (TPSA) is 176 Å². The van der Waals surface area contributed by atoms with E-state index in [9.17, 15) is 0 Å². The molecule has 10 N–H and O–H groups in total. The van der Waals surface area contributed by atoms with Crippen LogP contribution in [0.15, 0.2) is 97.1 Å². The number of hydrogen-bond acceptors (Lipinski definition) is 7. The van der Waals surface area contributed by atoms with Crippen LogP contribution in [-0.4, -0.2) is 25.0 Å². The third-order valence-corrected chi connectivity index (χ3v) is 5.57. The number of nitriles is 1. The van der Waals surface area contributed by atoms with E-state index in [1.807, 2.05) is 48.5 Å². The molecule has 0 spiro atoms. The number of hydrogen-bond donors (Lipinski definition) is 8. The molecule has 10 nitrogen and oxygen atoms in total. The fourth-order valence-electron chi connectivity index (χ4n) is 3.35. The lowest BCUT2D eigenvalue weighted by Crippen LogP contribution is -2.14. The maximum Gasteiger partial charge on any atom is 0.187 e. The van der Waals surface area contributed by atoms with E-state index in [0.29, 0.717) is 35.7 Å². The van der Waals surface area contributed by atoms with Crippen molar-refractivity contribution in [2.75, 3.05) is 34.6 Å². The van der Waals surface area contributed by atoms with Crippen LogP contribution in [0.2, 0.25) is 0 Å². The molecule has 4 rings (SSSR count). The van der Waals surface area contributed by atoms with Crippen LogP contribution in [0.5, 0.6) is 0 Å². The van der Waals surface area contributed by atoms with E-state index in [-0.39, 0.29) is 11.7 Å². The van der Waals surface area contributed by atoms with Crippen LogP contribution in [0.3, 0.4) is 0 Å². The van der Waals surface area contributed by atoms with E-state index in [1.54, 1.807) is 48.5 Å². The predicted octanol–water partition coefficient (Wildman–Crippen LogP) is 5.33. The smallest absolute Gasteiger partial charge is 0.187 e. The lowest BCUT2D eigenvalue weighted by Gasteiger charge is -2.10. The molecule has 0 saturated heterocycles. The Balaban J connectivity index is 0.000000222. The molecule has 0 unspecified atom stereocenters. The minimum Gasteiger partial charge on any atom is -0.384 e. The maximum atomic E-state index is 8.69. The summed E-state index contributed by atoms with van der Waals surface area (Å²) in [6.45, 7) is 7.99. The van der Waals surface area contributed by atoms with Gasteiger partial charge in [0.25, 0.3) is 0 Å². The van der Waals surface area contributed by atoms with E-state index < -0.39 is 0 Å². The van der Waals surface area contributed by atoms with Gasteiger partial charge in [0, 0.05) is 33.9 Å². The van der Waals surface area contributed by atoms with Gasteiger partial charge >= 0.3 is 0 Å². The van der Waals surface area contributed by atoms with Gasteiger partial charge in [-0.05, 0) is 84.9 Å². The lowest BCUT2D eigenvalue weighted by atomic mass is 10.2. The number of anilines is 4. The Morgan fingerprint density at radius 2 is 0.950 bits per heavy atom. The van der Waals surface area contributed by atoms with Crippen molar-refractivity contribution in [2.45, 2.75) is 0 Å². The molecule has 0 fully saturated rings. The second kappa shape index (κ2) is 14.7. The first kappa shape index (κ1) is 28.6. The van der Waals surface area contributed by atoms with Crippen molar-refractivity contribution < 1.29 is 0 Å².